The summed E-state index contributed by atoms with van der Waals surface area (Å²) in [4.78, 5) is 11.6. The second-order valence-corrected chi connectivity index (χ2v) is 8.24. The fraction of sp³-hybridized carbons (Fsp3) is 0.619. The molecule has 0 aromatic carbocycles. The van der Waals surface area contributed by atoms with Gasteiger partial charge in [0, 0.05) is 57.7 Å². The van der Waals surface area contributed by atoms with E-state index in [0.717, 1.165) is 63.9 Å². The number of unbranched alkanes of at least 4 members (excludes halogenated alkanes) is 1. The summed E-state index contributed by atoms with van der Waals surface area (Å²) in [6.45, 7) is 10.3. The van der Waals surface area contributed by atoms with E-state index in [2.05, 4.69) is 62.0 Å². The quantitative estimate of drug-likeness (QED) is 0.384. The summed E-state index contributed by atoms with van der Waals surface area (Å²) in [6, 6.07) is 2.75. The summed E-state index contributed by atoms with van der Waals surface area (Å²) in [7, 11) is 0. The smallest absolute Gasteiger partial charge is 0.191 e. The van der Waals surface area contributed by atoms with Crippen molar-refractivity contribution in [1.29, 1.82) is 0 Å². The number of nitrogens with zero attached hydrogens (tertiary/aromatic N) is 4. The minimum atomic E-state index is 0.519. The van der Waals surface area contributed by atoms with Gasteiger partial charge in [0.05, 0.1) is 0 Å². The maximum absolute atomic E-state index is 4.79. The molecule has 0 spiro atoms. The number of likely N-dealkylation sites (tertiary alicyclic amines) is 1. The molecule has 154 valence electrons. The van der Waals surface area contributed by atoms with Crippen LogP contribution in [0.5, 0.6) is 0 Å². The predicted molar refractivity (Wildman–Crippen MR) is 118 cm³/mol. The molecule has 0 radical (unpaired) electrons. The molecule has 6 nitrogen and oxygen atoms in total. The summed E-state index contributed by atoms with van der Waals surface area (Å²) in [5.41, 5.74) is 1.44. The van der Waals surface area contributed by atoms with E-state index in [9.17, 15) is 0 Å². The zero-order valence-corrected chi connectivity index (χ0v) is 18.0. The van der Waals surface area contributed by atoms with Crippen LogP contribution in [0.1, 0.15) is 44.0 Å². The Morgan fingerprint density at radius 3 is 2.86 bits per heavy atom. The Labute approximate surface area is 173 Å². The molecule has 1 fully saturated rings. The van der Waals surface area contributed by atoms with Gasteiger partial charge in [-0.25, -0.2) is 4.98 Å². The number of guanidine groups is 1. The topological polar surface area (TPSA) is 57.5 Å². The molecule has 0 aliphatic carbocycles. The molecule has 7 heteroatoms. The van der Waals surface area contributed by atoms with E-state index in [1.165, 1.54) is 18.4 Å². The van der Waals surface area contributed by atoms with Gasteiger partial charge in [-0.05, 0) is 61.9 Å². The number of thiophene rings is 1. The summed E-state index contributed by atoms with van der Waals surface area (Å²) < 4.78 is 2.21. The van der Waals surface area contributed by atoms with Crippen molar-refractivity contribution in [2.75, 3.05) is 26.2 Å². The minimum absolute atomic E-state index is 0.519. The van der Waals surface area contributed by atoms with Crippen LogP contribution in [-0.2, 0) is 13.1 Å². The highest BCUT2D eigenvalue weighted by Crippen LogP contribution is 2.15. The fourth-order valence-corrected chi connectivity index (χ4v) is 4.27. The number of rotatable bonds is 9. The van der Waals surface area contributed by atoms with Gasteiger partial charge in [0.2, 0.25) is 0 Å². The Hall–Kier alpha value is -1.86. The van der Waals surface area contributed by atoms with Gasteiger partial charge in [0.1, 0.15) is 5.82 Å². The highest BCUT2D eigenvalue weighted by Gasteiger charge is 2.20. The van der Waals surface area contributed by atoms with Crippen LogP contribution in [0.4, 0.5) is 0 Å². The Morgan fingerprint density at radius 2 is 2.18 bits per heavy atom. The molecule has 0 bridgehead atoms. The Kier molecular flexibility index (Phi) is 8.36. The Morgan fingerprint density at radius 1 is 1.32 bits per heavy atom. The average Bonchev–Trinajstić information content (AvgIpc) is 3.35. The first-order valence-electron chi connectivity index (χ1n) is 10.5. The molecule has 0 amide bonds. The van der Waals surface area contributed by atoms with Gasteiger partial charge in [-0.15, -0.1) is 0 Å². The molecule has 2 N–H and O–H groups in total. The summed E-state index contributed by atoms with van der Waals surface area (Å²) in [5, 5.41) is 11.5. The first-order valence-corrected chi connectivity index (χ1v) is 11.4. The first-order chi connectivity index (χ1) is 13.7. The van der Waals surface area contributed by atoms with Gasteiger partial charge in [-0.1, -0.05) is 0 Å². The van der Waals surface area contributed by atoms with Crippen LogP contribution in [0.25, 0.3) is 0 Å². The second-order valence-electron chi connectivity index (χ2n) is 7.46. The standard InChI is InChI=1S/C21H34N6S/c1-3-22-21(24-9-4-5-11-27-14-10-23-18(27)2)25-20-6-12-26(13-7-20)16-19-8-15-28-17-19/h8,10,14-15,17,20H,3-7,9,11-13,16H2,1-2H3,(H2,22,24,25). The molecular formula is C21H34N6S. The molecule has 0 atom stereocenters. The third-order valence-corrected chi connectivity index (χ3v) is 5.99. The van der Waals surface area contributed by atoms with Crippen LogP contribution in [0.15, 0.2) is 34.2 Å². The molecule has 2 aromatic rings. The van der Waals surface area contributed by atoms with Crippen molar-refractivity contribution in [2.45, 2.75) is 58.7 Å². The summed E-state index contributed by atoms with van der Waals surface area (Å²) in [6.07, 6.45) is 8.48. The van der Waals surface area contributed by atoms with Crippen LogP contribution in [0.3, 0.4) is 0 Å². The fourth-order valence-electron chi connectivity index (χ4n) is 3.61. The van der Waals surface area contributed by atoms with E-state index in [1.54, 1.807) is 11.3 Å². The van der Waals surface area contributed by atoms with Crippen LogP contribution in [0.2, 0.25) is 0 Å². The average molecular weight is 403 g/mol. The van der Waals surface area contributed by atoms with Gasteiger partial charge < -0.3 is 15.2 Å². The number of nitrogens with one attached hydrogen (secondary N) is 2. The Bertz CT molecular complexity index is 700. The maximum atomic E-state index is 4.79. The summed E-state index contributed by atoms with van der Waals surface area (Å²) in [5.74, 6) is 2.06. The molecular weight excluding hydrogens is 368 g/mol. The van der Waals surface area contributed by atoms with Crippen molar-refractivity contribution in [3.8, 4) is 0 Å². The molecule has 1 aliphatic heterocycles. The maximum Gasteiger partial charge on any atom is 0.191 e. The molecule has 28 heavy (non-hydrogen) atoms. The van der Waals surface area contributed by atoms with E-state index >= 15 is 0 Å². The number of imidazole rings is 1. The normalized spacial score (nSPS) is 16.4. The van der Waals surface area contributed by atoms with E-state index < -0.39 is 0 Å². The van der Waals surface area contributed by atoms with Crippen LogP contribution in [-0.4, -0.2) is 52.6 Å². The zero-order valence-electron chi connectivity index (χ0n) is 17.2. The third-order valence-electron chi connectivity index (χ3n) is 5.26. The van der Waals surface area contributed by atoms with E-state index in [-0.39, 0.29) is 0 Å². The van der Waals surface area contributed by atoms with E-state index in [0.29, 0.717) is 6.04 Å². The number of hydrogen-bond donors (Lipinski definition) is 2. The number of piperidine rings is 1. The van der Waals surface area contributed by atoms with Gasteiger partial charge in [0.25, 0.3) is 0 Å². The van der Waals surface area contributed by atoms with Crippen molar-refractivity contribution >= 4 is 17.3 Å². The lowest BCUT2D eigenvalue weighted by Gasteiger charge is -2.33. The van der Waals surface area contributed by atoms with Crippen molar-refractivity contribution in [2.24, 2.45) is 4.99 Å². The van der Waals surface area contributed by atoms with Gasteiger partial charge in [-0.2, -0.15) is 11.3 Å². The number of aromatic nitrogens is 2. The lowest BCUT2D eigenvalue weighted by atomic mass is 10.0. The molecule has 0 saturated carbocycles. The monoisotopic (exact) mass is 402 g/mol. The summed E-state index contributed by atoms with van der Waals surface area (Å²) >= 11 is 1.79. The van der Waals surface area contributed by atoms with Gasteiger partial charge in [0.15, 0.2) is 5.96 Å². The zero-order chi connectivity index (χ0) is 19.6. The Balaban J connectivity index is 1.36. The van der Waals surface area contributed by atoms with Crippen LogP contribution < -0.4 is 10.6 Å². The molecule has 2 aromatic heterocycles. The molecule has 3 rings (SSSR count). The van der Waals surface area contributed by atoms with Crippen molar-refractivity contribution in [3.05, 3.63) is 40.6 Å². The number of aliphatic imine (C=N–C) groups is 1. The SMILES string of the molecule is CCNC(=NCCCCn1ccnc1C)NC1CCN(Cc2ccsc2)CC1. The van der Waals surface area contributed by atoms with Gasteiger partial charge >= 0.3 is 0 Å². The van der Waals surface area contributed by atoms with E-state index in [4.69, 9.17) is 4.99 Å². The highest BCUT2D eigenvalue weighted by molar-refractivity contribution is 7.07. The molecule has 1 aliphatic rings. The molecule has 3 heterocycles. The predicted octanol–water partition coefficient (Wildman–Crippen LogP) is 3.25. The molecule has 0 unspecified atom stereocenters. The number of aryl methyl sites for hydroxylation is 2. The first kappa shape index (κ1) is 20.9. The van der Waals surface area contributed by atoms with E-state index in [1.807, 2.05) is 6.20 Å². The van der Waals surface area contributed by atoms with Crippen molar-refractivity contribution in [1.82, 2.24) is 25.1 Å². The highest BCUT2D eigenvalue weighted by atomic mass is 32.1. The lowest BCUT2D eigenvalue weighted by Crippen LogP contribution is -2.48. The second kappa shape index (κ2) is 11.2. The largest absolute Gasteiger partial charge is 0.357 e. The van der Waals surface area contributed by atoms with Crippen LogP contribution >= 0.6 is 11.3 Å². The lowest BCUT2D eigenvalue weighted by molar-refractivity contribution is 0.198. The number of hydrogen-bond acceptors (Lipinski definition) is 4. The molecule has 1 saturated heterocycles. The van der Waals surface area contributed by atoms with Crippen molar-refractivity contribution < 1.29 is 0 Å². The third kappa shape index (κ3) is 6.63. The van der Waals surface area contributed by atoms with Crippen molar-refractivity contribution in [3.63, 3.8) is 0 Å². The van der Waals surface area contributed by atoms with Gasteiger partial charge in [-0.3, -0.25) is 9.89 Å². The minimum Gasteiger partial charge on any atom is -0.357 e. The van der Waals surface area contributed by atoms with Crippen LogP contribution in [0, 0.1) is 6.92 Å².